The van der Waals surface area contributed by atoms with E-state index in [9.17, 15) is 14.9 Å². The van der Waals surface area contributed by atoms with Crippen molar-refractivity contribution in [3.05, 3.63) is 58.5 Å². The molecule has 0 radical (unpaired) electrons. The molecule has 6 nitrogen and oxygen atoms in total. The lowest BCUT2D eigenvalue weighted by atomic mass is 9.87. The van der Waals surface area contributed by atoms with Crippen molar-refractivity contribution in [2.75, 3.05) is 6.54 Å². The van der Waals surface area contributed by atoms with Crippen LogP contribution in [0.15, 0.2) is 47.4 Å². The van der Waals surface area contributed by atoms with Crippen LogP contribution in [0, 0.1) is 16.7 Å². The topological polar surface area (TPSA) is 86.2 Å². The molecular formula is C22H25N3O3. The Morgan fingerprint density at radius 2 is 1.89 bits per heavy atom. The molecule has 28 heavy (non-hydrogen) atoms. The third-order valence-electron chi connectivity index (χ3n) is 5.21. The first-order valence-electron chi connectivity index (χ1n) is 9.47. The molecule has 0 spiro atoms. The summed E-state index contributed by atoms with van der Waals surface area (Å²) in [7, 11) is 0. The lowest BCUT2D eigenvalue weighted by Crippen LogP contribution is -2.44. The van der Waals surface area contributed by atoms with E-state index in [1.165, 1.54) is 6.07 Å². The van der Waals surface area contributed by atoms with Crippen LogP contribution in [-0.2, 0) is 4.74 Å². The molecule has 2 atom stereocenters. The summed E-state index contributed by atoms with van der Waals surface area (Å²) in [6.07, 6.45) is 2.41. The number of H-pyrrole nitrogens is 1. The molecule has 1 N–H and O–H groups in total. The molecule has 1 aliphatic rings. The highest BCUT2D eigenvalue weighted by atomic mass is 16.6. The Balaban J connectivity index is 1.66. The molecule has 6 heteroatoms. The van der Waals surface area contributed by atoms with E-state index in [2.05, 4.69) is 11.1 Å². The van der Waals surface area contributed by atoms with E-state index < -0.39 is 5.41 Å². The highest BCUT2D eigenvalue weighted by molar-refractivity contribution is 5.69. The summed E-state index contributed by atoms with van der Waals surface area (Å²) in [6, 6.07) is 13.4. The Labute approximate surface area is 164 Å². The van der Waals surface area contributed by atoms with E-state index in [-0.39, 0.29) is 23.8 Å². The van der Waals surface area contributed by atoms with E-state index >= 15 is 0 Å². The third kappa shape index (κ3) is 4.42. The lowest BCUT2D eigenvalue weighted by Gasteiger charge is -2.37. The molecule has 0 bridgehead atoms. The fraction of sp³-hybridized carbons (Fsp3) is 0.409. The van der Waals surface area contributed by atoms with Gasteiger partial charge in [-0.15, -0.1) is 0 Å². The number of cyclic esters (lactones) is 1. The van der Waals surface area contributed by atoms with Crippen LogP contribution in [0.2, 0.25) is 0 Å². The summed E-state index contributed by atoms with van der Waals surface area (Å²) in [4.78, 5) is 28.1. The summed E-state index contributed by atoms with van der Waals surface area (Å²) in [5.74, 6) is 0. The van der Waals surface area contributed by atoms with Gasteiger partial charge >= 0.3 is 6.09 Å². The zero-order valence-corrected chi connectivity index (χ0v) is 16.4. The second-order valence-corrected chi connectivity index (χ2v) is 7.93. The van der Waals surface area contributed by atoms with Crippen molar-refractivity contribution in [2.24, 2.45) is 5.41 Å². The number of rotatable bonds is 5. The van der Waals surface area contributed by atoms with Gasteiger partial charge in [-0.3, -0.25) is 4.79 Å². The quantitative estimate of drug-likeness (QED) is 0.841. The highest BCUT2D eigenvalue weighted by Gasteiger charge is 2.34. The molecule has 2 heterocycles. The van der Waals surface area contributed by atoms with Crippen LogP contribution in [0.3, 0.4) is 0 Å². The fourth-order valence-corrected chi connectivity index (χ4v) is 3.48. The van der Waals surface area contributed by atoms with Gasteiger partial charge in [0.25, 0.3) is 0 Å². The minimum atomic E-state index is -0.504. The first kappa shape index (κ1) is 19.7. The van der Waals surface area contributed by atoms with E-state index in [4.69, 9.17) is 4.74 Å². The third-order valence-corrected chi connectivity index (χ3v) is 5.21. The highest BCUT2D eigenvalue weighted by Crippen LogP contribution is 2.31. The van der Waals surface area contributed by atoms with Gasteiger partial charge in [0.15, 0.2) is 0 Å². The van der Waals surface area contributed by atoms with Crippen molar-refractivity contribution in [2.45, 2.75) is 45.8 Å². The average Bonchev–Trinajstić information content (AvgIpc) is 2.68. The van der Waals surface area contributed by atoms with Crippen LogP contribution in [-0.4, -0.2) is 28.6 Å². The number of benzene rings is 1. The Kier molecular flexibility index (Phi) is 5.55. The monoisotopic (exact) mass is 379 g/mol. The van der Waals surface area contributed by atoms with Crippen LogP contribution in [0.5, 0.6) is 0 Å². The first-order chi connectivity index (χ1) is 13.3. The first-order valence-corrected chi connectivity index (χ1v) is 9.47. The minimum Gasteiger partial charge on any atom is -0.446 e. The van der Waals surface area contributed by atoms with Gasteiger partial charge in [0.05, 0.1) is 17.5 Å². The van der Waals surface area contributed by atoms with Crippen LogP contribution >= 0.6 is 0 Å². The summed E-state index contributed by atoms with van der Waals surface area (Å²) in [5, 5.41) is 9.18. The van der Waals surface area contributed by atoms with Crippen molar-refractivity contribution in [3.63, 3.8) is 0 Å². The Morgan fingerprint density at radius 1 is 1.21 bits per heavy atom. The molecule has 0 saturated carbocycles. The zero-order chi connectivity index (χ0) is 20.3. The van der Waals surface area contributed by atoms with Crippen molar-refractivity contribution < 1.29 is 9.53 Å². The normalized spacial score (nSPS) is 18.3. The Bertz CT molecular complexity index is 920. The summed E-state index contributed by atoms with van der Waals surface area (Å²) in [5.41, 5.74) is 2.30. The molecule has 146 valence electrons. The van der Waals surface area contributed by atoms with E-state index in [1.54, 1.807) is 17.2 Å². The predicted molar refractivity (Wildman–Crippen MR) is 107 cm³/mol. The smallest absolute Gasteiger partial charge is 0.410 e. The molecule has 1 amide bonds. The van der Waals surface area contributed by atoms with E-state index in [0.717, 1.165) is 23.1 Å². The molecule has 1 aromatic heterocycles. The number of hydrogen-bond donors (Lipinski definition) is 1. The number of carbonyl (C=O) groups is 1. The number of pyridine rings is 1. The van der Waals surface area contributed by atoms with Crippen LogP contribution in [0.4, 0.5) is 4.79 Å². The summed E-state index contributed by atoms with van der Waals surface area (Å²) >= 11 is 0. The van der Waals surface area contributed by atoms with Crippen LogP contribution < -0.4 is 5.56 Å². The minimum absolute atomic E-state index is 0.109. The van der Waals surface area contributed by atoms with Gasteiger partial charge in [0, 0.05) is 31.6 Å². The predicted octanol–water partition coefficient (Wildman–Crippen LogP) is 4.25. The van der Waals surface area contributed by atoms with Gasteiger partial charge in [0.2, 0.25) is 5.56 Å². The molecular weight excluding hydrogens is 354 g/mol. The van der Waals surface area contributed by atoms with E-state index in [0.29, 0.717) is 13.0 Å². The SMILES string of the molecule is CC(c1ccc(-c2ccc(=O)[nH]c2)cc1)N1CCC(CC(C)(C)C#N)OC1=O. The molecule has 2 unspecified atom stereocenters. The number of nitriles is 1. The molecule has 2 aromatic rings. The van der Waals surface area contributed by atoms with Gasteiger partial charge in [-0.2, -0.15) is 5.26 Å². The number of ether oxygens (including phenoxy) is 1. The Hall–Kier alpha value is -3.07. The number of aromatic nitrogens is 1. The molecule has 1 saturated heterocycles. The second-order valence-electron chi connectivity index (χ2n) is 7.93. The van der Waals surface area contributed by atoms with Gasteiger partial charge in [0.1, 0.15) is 6.10 Å². The van der Waals surface area contributed by atoms with Gasteiger partial charge < -0.3 is 14.6 Å². The molecule has 0 aliphatic carbocycles. The largest absolute Gasteiger partial charge is 0.446 e. The Morgan fingerprint density at radius 3 is 2.46 bits per heavy atom. The van der Waals surface area contributed by atoms with Crippen molar-refractivity contribution >= 4 is 6.09 Å². The van der Waals surface area contributed by atoms with Crippen LogP contribution in [0.1, 0.15) is 45.2 Å². The lowest BCUT2D eigenvalue weighted by molar-refractivity contribution is 0.000798. The maximum Gasteiger partial charge on any atom is 0.410 e. The molecule has 1 aliphatic heterocycles. The zero-order valence-electron chi connectivity index (χ0n) is 16.4. The number of carbonyl (C=O) groups excluding carboxylic acids is 1. The average molecular weight is 379 g/mol. The molecule has 3 rings (SSSR count). The second kappa shape index (κ2) is 7.89. The summed E-state index contributed by atoms with van der Waals surface area (Å²) < 4.78 is 5.59. The number of amides is 1. The summed E-state index contributed by atoms with van der Waals surface area (Å²) in [6.45, 7) is 6.31. The van der Waals surface area contributed by atoms with Gasteiger partial charge in [-0.05, 0) is 43.5 Å². The maximum atomic E-state index is 12.5. The number of hydrogen-bond acceptors (Lipinski definition) is 4. The number of aromatic amines is 1. The van der Waals surface area contributed by atoms with E-state index in [1.807, 2.05) is 45.0 Å². The maximum absolute atomic E-state index is 12.5. The standard InChI is InChI=1S/C22H25N3O3/c1-15(25-11-10-19(28-21(25)27)12-22(2,3)14-23)16-4-6-17(7-5-16)18-8-9-20(26)24-13-18/h4-9,13,15,19H,10-12H2,1-3H3,(H,24,26). The van der Waals surface area contributed by atoms with Crippen molar-refractivity contribution in [3.8, 4) is 17.2 Å². The van der Waals surface area contributed by atoms with Crippen LogP contribution in [0.25, 0.3) is 11.1 Å². The number of nitrogens with one attached hydrogen (secondary N) is 1. The van der Waals surface area contributed by atoms with Gasteiger partial charge in [-0.25, -0.2) is 4.79 Å². The number of nitrogens with zero attached hydrogens (tertiary/aromatic N) is 2. The van der Waals surface area contributed by atoms with Crippen molar-refractivity contribution in [1.82, 2.24) is 9.88 Å². The van der Waals surface area contributed by atoms with Crippen molar-refractivity contribution in [1.29, 1.82) is 5.26 Å². The molecule has 1 aromatic carbocycles. The molecule has 1 fully saturated rings. The van der Waals surface area contributed by atoms with Gasteiger partial charge in [-0.1, -0.05) is 24.3 Å². The fourth-order valence-electron chi connectivity index (χ4n) is 3.48.